The van der Waals surface area contributed by atoms with Crippen molar-refractivity contribution in [3.8, 4) is 0 Å². The fraction of sp³-hybridized carbons (Fsp3) is 0.625. The van der Waals surface area contributed by atoms with E-state index < -0.39 is 0 Å². The highest BCUT2D eigenvalue weighted by atomic mass is 35.5. The summed E-state index contributed by atoms with van der Waals surface area (Å²) < 4.78 is 0. The van der Waals surface area contributed by atoms with Crippen LogP contribution in [-0.2, 0) is 0 Å². The van der Waals surface area contributed by atoms with Crippen LogP contribution in [0.2, 0.25) is 5.02 Å². The van der Waals surface area contributed by atoms with E-state index in [0.29, 0.717) is 12.5 Å². The summed E-state index contributed by atoms with van der Waals surface area (Å²) in [5, 5.41) is 4.52. The topological polar surface area (TPSA) is 38.0 Å². The minimum atomic E-state index is 0.0472. The van der Waals surface area contributed by atoms with Crippen LogP contribution in [0.15, 0.2) is 18.2 Å². The van der Waals surface area contributed by atoms with Crippen molar-refractivity contribution in [2.75, 3.05) is 11.9 Å². The van der Waals surface area contributed by atoms with Crippen molar-refractivity contribution < 1.29 is 0 Å². The van der Waals surface area contributed by atoms with Gasteiger partial charge in [-0.15, -0.1) is 0 Å². The lowest BCUT2D eigenvalue weighted by atomic mass is 9.71. The number of halogens is 1. The van der Waals surface area contributed by atoms with Crippen LogP contribution in [0.4, 0.5) is 5.69 Å². The Balaban J connectivity index is 2.23. The molecule has 0 amide bonds. The SMILES string of the molecule is CCC1CCCCC1(CN)Nc1ccc(C)c(Cl)c1. The number of hydrogen-bond acceptors (Lipinski definition) is 2. The second kappa shape index (κ2) is 6.15. The van der Waals surface area contributed by atoms with Gasteiger partial charge < -0.3 is 11.1 Å². The standard InChI is InChI=1S/C16H25ClN2/c1-3-13-6-4-5-9-16(13,11-18)19-14-8-7-12(2)15(17)10-14/h7-8,10,13,19H,3-6,9,11,18H2,1-2H3. The molecule has 106 valence electrons. The summed E-state index contributed by atoms with van der Waals surface area (Å²) in [6.45, 7) is 4.99. The molecule has 2 nitrogen and oxygen atoms in total. The van der Waals surface area contributed by atoms with E-state index in [-0.39, 0.29) is 5.54 Å². The van der Waals surface area contributed by atoms with Crippen molar-refractivity contribution in [3.63, 3.8) is 0 Å². The van der Waals surface area contributed by atoms with Gasteiger partial charge in [-0.3, -0.25) is 0 Å². The molecule has 2 unspecified atom stereocenters. The zero-order valence-corrected chi connectivity index (χ0v) is 12.8. The fourth-order valence-corrected chi connectivity index (χ4v) is 3.53. The third kappa shape index (κ3) is 3.06. The van der Waals surface area contributed by atoms with Gasteiger partial charge >= 0.3 is 0 Å². The Bertz CT molecular complexity index is 433. The molecule has 0 saturated heterocycles. The molecule has 2 atom stereocenters. The summed E-state index contributed by atoms with van der Waals surface area (Å²) in [6.07, 6.45) is 6.22. The number of anilines is 1. The first-order chi connectivity index (χ1) is 9.11. The lowest BCUT2D eigenvalue weighted by Gasteiger charge is -2.45. The van der Waals surface area contributed by atoms with Gasteiger partial charge in [0.1, 0.15) is 0 Å². The molecule has 0 aliphatic heterocycles. The van der Waals surface area contributed by atoms with Crippen LogP contribution < -0.4 is 11.1 Å². The van der Waals surface area contributed by atoms with Gasteiger partial charge in [0.05, 0.1) is 5.54 Å². The van der Waals surface area contributed by atoms with E-state index in [9.17, 15) is 0 Å². The Morgan fingerprint density at radius 2 is 2.21 bits per heavy atom. The van der Waals surface area contributed by atoms with E-state index in [0.717, 1.165) is 22.7 Å². The van der Waals surface area contributed by atoms with E-state index in [1.54, 1.807) is 0 Å². The average Bonchev–Trinajstić information content (AvgIpc) is 2.43. The second-order valence-corrected chi connectivity index (χ2v) is 6.21. The predicted molar refractivity (Wildman–Crippen MR) is 83.8 cm³/mol. The Kier molecular flexibility index (Phi) is 4.75. The van der Waals surface area contributed by atoms with Crippen LogP contribution >= 0.6 is 11.6 Å². The van der Waals surface area contributed by atoms with Gasteiger partial charge in [0.15, 0.2) is 0 Å². The lowest BCUT2D eigenvalue weighted by molar-refractivity contribution is 0.212. The normalized spacial score (nSPS) is 27.3. The summed E-state index contributed by atoms with van der Waals surface area (Å²) in [4.78, 5) is 0. The largest absolute Gasteiger partial charge is 0.378 e. The van der Waals surface area contributed by atoms with Crippen LogP contribution in [-0.4, -0.2) is 12.1 Å². The molecule has 1 aliphatic rings. The van der Waals surface area contributed by atoms with E-state index in [1.807, 2.05) is 13.0 Å². The molecule has 19 heavy (non-hydrogen) atoms. The van der Waals surface area contributed by atoms with Crippen molar-refractivity contribution in [2.24, 2.45) is 11.7 Å². The molecule has 2 rings (SSSR count). The van der Waals surface area contributed by atoms with Crippen molar-refractivity contribution >= 4 is 17.3 Å². The van der Waals surface area contributed by atoms with Crippen LogP contribution in [0.1, 0.15) is 44.6 Å². The highest BCUT2D eigenvalue weighted by molar-refractivity contribution is 6.31. The zero-order valence-electron chi connectivity index (χ0n) is 12.0. The molecule has 1 aromatic rings. The van der Waals surface area contributed by atoms with Crippen molar-refractivity contribution in [2.45, 2.75) is 51.5 Å². The molecule has 1 aromatic carbocycles. The Morgan fingerprint density at radius 3 is 2.84 bits per heavy atom. The lowest BCUT2D eigenvalue weighted by Crippen LogP contribution is -2.53. The number of hydrogen-bond donors (Lipinski definition) is 2. The first-order valence-corrected chi connectivity index (χ1v) is 7.73. The average molecular weight is 281 g/mol. The fourth-order valence-electron chi connectivity index (χ4n) is 3.35. The molecule has 0 bridgehead atoms. The van der Waals surface area contributed by atoms with Crippen molar-refractivity contribution in [1.29, 1.82) is 0 Å². The van der Waals surface area contributed by atoms with Crippen LogP contribution in [0.3, 0.4) is 0 Å². The monoisotopic (exact) mass is 280 g/mol. The second-order valence-electron chi connectivity index (χ2n) is 5.80. The van der Waals surface area contributed by atoms with E-state index in [4.69, 9.17) is 17.3 Å². The van der Waals surface area contributed by atoms with Crippen LogP contribution in [0.5, 0.6) is 0 Å². The molecular weight excluding hydrogens is 256 g/mol. The Morgan fingerprint density at radius 1 is 1.42 bits per heavy atom. The van der Waals surface area contributed by atoms with Gasteiger partial charge in [-0.05, 0) is 43.4 Å². The molecule has 3 heteroatoms. The maximum Gasteiger partial charge on any atom is 0.0523 e. The third-order valence-corrected chi connectivity index (χ3v) is 5.04. The van der Waals surface area contributed by atoms with Crippen molar-refractivity contribution in [1.82, 2.24) is 0 Å². The summed E-state index contributed by atoms with van der Waals surface area (Å²) >= 11 is 6.22. The molecule has 0 spiro atoms. The molecule has 0 radical (unpaired) electrons. The minimum Gasteiger partial charge on any atom is -0.378 e. The quantitative estimate of drug-likeness (QED) is 0.860. The molecule has 1 aliphatic carbocycles. The number of aryl methyl sites for hydroxylation is 1. The van der Waals surface area contributed by atoms with Gasteiger partial charge in [-0.25, -0.2) is 0 Å². The van der Waals surface area contributed by atoms with E-state index in [2.05, 4.69) is 24.4 Å². The summed E-state index contributed by atoms with van der Waals surface area (Å²) in [7, 11) is 0. The molecule has 1 saturated carbocycles. The predicted octanol–water partition coefficient (Wildman–Crippen LogP) is 4.36. The summed E-state index contributed by atoms with van der Waals surface area (Å²) in [5.74, 6) is 0.659. The highest BCUT2D eigenvalue weighted by Crippen LogP contribution is 2.38. The Hall–Kier alpha value is -0.730. The summed E-state index contributed by atoms with van der Waals surface area (Å²) in [5.41, 5.74) is 8.39. The number of rotatable bonds is 4. The first kappa shape index (κ1) is 14.7. The highest BCUT2D eigenvalue weighted by Gasteiger charge is 2.38. The molecule has 1 fully saturated rings. The van der Waals surface area contributed by atoms with Crippen LogP contribution in [0, 0.1) is 12.8 Å². The Labute approximate surface area is 121 Å². The minimum absolute atomic E-state index is 0.0472. The first-order valence-electron chi connectivity index (χ1n) is 7.35. The molecular formula is C16H25ClN2. The molecule has 0 aromatic heterocycles. The maximum absolute atomic E-state index is 6.22. The van der Waals surface area contributed by atoms with E-state index >= 15 is 0 Å². The van der Waals surface area contributed by atoms with Gasteiger partial charge in [-0.2, -0.15) is 0 Å². The van der Waals surface area contributed by atoms with E-state index in [1.165, 1.54) is 25.7 Å². The summed E-state index contributed by atoms with van der Waals surface area (Å²) in [6, 6.07) is 6.20. The maximum atomic E-state index is 6.22. The zero-order chi connectivity index (χ0) is 13.9. The van der Waals surface area contributed by atoms with Crippen LogP contribution in [0.25, 0.3) is 0 Å². The third-order valence-electron chi connectivity index (χ3n) is 4.63. The van der Waals surface area contributed by atoms with Gasteiger partial charge in [-0.1, -0.05) is 43.9 Å². The smallest absolute Gasteiger partial charge is 0.0523 e. The van der Waals surface area contributed by atoms with Crippen molar-refractivity contribution in [3.05, 3.63) is 28.8 Å². The molecule has 0 heterocycles. The van der Waals surface area contributed by atoms with Gasteiger partial charge in [0.2, 0.25) is 0 Å². The van der Waals surface area contributed by atoms with Gasteiger partial charge in [0.25, 0.3) is 0 Å². The number of benzene rings is 1. The number of nitrogens with two attached hydrogens (primary N) is 1. The molecule has 3 N–H and O–H groups in total. The number of nitrogens with one attached hydrogen (secondary N) is 1. The van der Waals surface area contributed by atoms with Gasteiger partial charge in [0, 0.05) is 17.3 Å².